The second-order valence-corrected chi connectivity index (χ2v) is 16.0. The topological polar surface area (TPSA) is 124 Å². The van der Waals surface area contributed by atoms with E-state index < -0.39 is 0 Å². The molecule has 0 N–H and O–H groups in total. The lowest BCUT2D eigenvalue weighted by Crippen LogP contribution is -3.00. The summed E-state index contributed by atoms with van der Waals surface area (Å²) in [6.07, 6.45) is 8.20. The molecule has 0 saturated carbocycles. The highest BCUT2D eigenvalue weighted by Crippen LogP contribution is 2.46. The highest BCUT2D eigenvalue weighted by molar-refractivity contribution is 5.73. The number of halogens is 2. The number of quaternary nitrogens is 2. The van der Waals surface area contributed by atoms with E-state index in [-0.39, 0.29) is 82.9 Å². The fraction of sp³-hybridized carbons (Fsp3) is 0.610. The van der Waals surface area contributed by atoms with Crippen LogP contribution in [0.15, 0.2) is 36.4 Å². The van der Waals surface area contributed by atoms with Gasteiger partial charge in [-0.3, -0.25) is 19.2 Å². The van der Waals surface area contributed by atoms with Crippen molar-refractivity contribution in [3.8, 4) is 23.0 Å². The van der Waals surface area contributed by atoms with Crippen molar-refractivity contribution in [3.05, 3.63) is 47.5 Å². The average Bonchev–Trinajstić information content (AvgIpc) is 3.33. The molecule has 0 amide bonds. The van der Waals surface area contributed by atoms with E-state index in [1.165, 1.54) is 13.8 Å². The first kappa shape index (κ1) is 44.5. The molecular formula is C41H56Br2N2O10. The number of benzene rings is 2. The summed E-state index contributed by atoms with van der Waals surface area (Å²) in [7, 11) is 7.73. The van der Waals surface area contributed by atoms with Crippen LogP contribution in [0.25, 0.3) is 0 Å². The quantitative estimate of drug-likeness (QED) is 0.143. The zero-order valence-corrected chi connectivity index (χ0v) is 36.0. The molecule has 304 valence electrons. The second-order valence-electron chi connectivity index (χ2n) is 16.0. The number of fused-ring (bicyclic) bond motifs is 4. The molecule has 2 aromatic carbocycles. The average molecular weight is 897 g/mol. The zero-order chi connectivity index (χ0) is 37.9. The molecule has 12 nitrogen and oxygen atoms in total. The maximum absolute atomic E-state index is 12.9. The number of methoxy groups -OCH3 is 2. The van der Waals surface area contributed by atoms with Gasteiger partial charge in [-0.2, -0.15) is 0 Å². The summed E-state index contributed by atoms with van der Waals surface area (Å²) in [6, 6.07) is 13.0. The lowest BCUT2D eigenvalue weighted by Gasteiger charge is -2.47. The summed E-state index contributed by atoms with van der Waals surface area (Å²) < 4.78 is 35.3. The van der Waals surface area contributed by atoms with Crippen LogP contribution in [0.2, 0.25) is 0 Å². The van der Waals surface area contributed by atoms with Crippen LogP contribution in [-0.2, 0) is 41.7 Å². The molecule has 6 rings (SSSR count). The Hall–Kier alpha value is -3.20. The monoisotopic (exact) mass is 894 g/mol. The van der Waals surface area contributed by atoms with Crippen molar-refractivity contribution in [2.24, 2.45) is 0 Å². The number of nitrogens with zero attached hydrogens (tertiary/aromatic N) is 2. The molecule has 0 aliphatic carbocycles. The Bertz CT molecular complexity index is 1560. The molecule has 4 aliphatic heterocycles. The Morgan fingerprint density at radius 2 is 0.927 bits per heavy atom. The molecule has 14 heteroatoms. The summed E-state index contributed by atoms with van der Waals surface area (Å²) in [5.74, 6) is 0.640. The maximum Gasteiger partial charge on any atom is 0.308 e. The molecule has 4 fully saturated rings. The Labute approximate surface area is 345 Å². The van der Waals surface area contributed by atoms with Crippen molar-refractivity contribution < 1.29 is 90.5 Å². The number of piperidine rings is 2. The van der Waals surface area contributed by atoms with E-state index in [1.807, 2.05) is 24.3 Å². The molecule has 4 unspecified atom stereocenters. The van der Waals surface area contributed by atoms with E-state index in [0.29, 0.717) is 53.6 Å². The maximum atomic E-state index is 12.9. The van der Waals surface area contributed by atoms with Crippen molar-refractivity contribution >= 4 is 23.9 Å². The fourth-order valence-corrected chi connectivity index (χ4v) is 9.85. The van der Waals surface area contributed by atoms with Gasteiger partial charge < -0.3 is 71.4 Å². The highest BCUT2D eigenvalue weighted by Gasteiger charge is 2.53. The van der Waals surface area contributed by atoms with E-state index in [1.54, 1.807) is 26.4 Å². The molecule has 0 spiro atoms. The van der Waals surface area contributed by atoms with E-state index in [9.17, 15) is 19.2 Å². The molecule has 2 aromatic rings. The van der Waals surface area contributed by atoms with Crippen molar-refractivity contribution in [2.45, 2.75) is 134 Å². The Morgan fingerprint density at radius 3 is 1.24 bits per heavy atom. The summed E-state index contributed by atoms with van der Waals surface area (Å²) in [5.41, 5.74) is 2.22. The molecule has 55 heavy (non-hydrogen) atoms. The molecule has 4 heterocycles. The van der Waals surface area contributed by atoms with Crippen LogP contribution < -0.4 is 52.9 Å². The third-order valence-electron chi connectivity index (χ3n) is 12.5. The van der Waals surface area contributed by atoms with Crippen LogP contribution in [0, 0.1) is 0 Å². The van der Waals surface area contributed by atoms with Crippen molar-refractivity contribution in [3.63, 3.8) is 0 Å². The van der Waals surface area contributed by atoms with E-state index >= 15 is 0 Å². The minimum Gasteiger partial charge on any atom is -1.00 e. The number of ether oxygens (including phenoxy) is 6. The first-order valence-electron chi connectivity index (χ1n) is 19.1. The van der Waals surface area contributed by atoms with E-state index in [4.69, 9.17) is 28.4 Å². The number of hydrogen-bond acceptors (Lipinski definition) is 10. The van der Waals surface area contributed by atoms with Crippen LogP contribution in [-0.4, -0.2) is 97.5 Å². The predicted octanol–water partition coefficient (Wildman–Crippen LogP) is -0.201. The first-order valence-corrected chi connectivity index (χ1v) is 19.1. The molecule has 4 saturated heterocycles. The van der Waals surface area contributed by atoms with Gasteiger partial charge in [0.15, 0.2) is 23.0 Å². The number of carbonyl (C=O) groups excluding carboxylic acids is 4. The van der Waals surface area contributed by atoms with Crippen LogP contribution in [0.3, 0.4) is 0 Å². The number of rotatable bonds is 14. The SMILES string of the molecule is COc1cc(C[N+]2(C)[C@@H]3CC[C@H]2CC(OC(=O)CCCC(=O)OC2C[C@H]4CC[C@@H](C2)[N+]4(C)Cc2ccc(OC(C)=O)c(OC)c2)C3)ccc1OC(C)=O.[Br-].[Br-]. The van der Waals surface area contributed by atoms with Gasteiger partial charge in [-0.05, 0) is 42.8 Å². The number of esters is 4. The number of carbonyl (C=O) groups is 4. The lowest BCUT2D eigenvalue weighted by molar-refractivity contribution is -0.961. The zero-order valence-electron chi connectivity index (χ0n) is 32.9. The molecule has 0 aromatic heterocycles. The summed E-state index contributed by atoms with van der Waals surface area (Å²) in [6.45, 7) is 4.38. The van der Waals surface area contributed by atoms with Gasteiger partial charge in [-0.25, -0.2) is 0 Å². The van der Waals surface area contributed by atoms with Crippen molar-refractivity contribution in [2.75, 3.05) is 28.3 Å². The summed E-state index contributed by atoms with van der Waals surface area (Å²) >= 11 is 0. The predicted molar refractivity (Wildman–Crippen MR) is 194 cm³/mol. The summed E-state index contributed by atoms with van der Waals surface area (Å²) in [5, 5.41) is 0. The van der Waals surface area contributed by atoms with Crippen LogP contribution in [0.4, 0.5) is 0 Å². The highest BCUT2D eigenvalue weighted by atomic mass is 79.9. The van der Waals surface area contributed by atoms with Gasteiger partial charge in [0.1, 0.15) is 25.3 Å². The van der Waals surface area contributed by atoms with Crippen molar-refractivity contribution in [1.82, 2.24) is 0 Å². The van der Waals surface area contributed by atoms with Gasteiger partial charge >= 0.3 is 23.9 Å². The second kappa shape index (κ2) is 18.8. The Kier molecular flexibility index (Phi) is 15.2. The van der Waals surface area contributed by atoms with Gasteiger partial charge in [0.05, 0.1) is 52.5 Å². The van der Waals surface area contributed by atoms with Crippen LogP contribution >= 0.6 is 0 Å². The van der Waals surface area contributed by atoms with Crippen LogP contribution in [0.5, 0.6) is 23.0 Å². The van der Waals surface area contributed by atoms with Gasteiger partial charge in [0.25, 0.3) is 0 Å². The van der Waals surface area contributed by atoms with Crippen LogP contribution in [0.1, 0.15) is 95.6 Å². The van der Waals surface area contributed by atoms with E-state index in [0.717, 1.165) is 84.5 Å². The standard InChI is InChI=1S/C41H56N2O10.2BrH/c1-26(44)50-36-16-10-28(18-38(36)48-5)24-42(3)30-12-13-31(42)21-34(20-30)52-40(46)8-7-9-41(47)53-35-22-32-14-15-33(23-35)43(32,4)25-29-11-17-37(51-27(2)45)39(19-29)49-6;;/h10-11,16-19,30-35H,7-9,12-15,20-25H2,1-6H3;2*1H/q+2;;/p-2/t30-,31+,32-,33+,34?,35?,42?,43?;;. The molecular weight excluding hydrogens is 840 g/mol. The van der Waals surface area contributed by atoms with Crippen molar-refractivity contribution in [1.29, 1.82) is 0 Å². The molecule has 8 atom stereocenters. The minimum atomic E-state index is -0.388. The van der Waals surface area contributed by atoms with Gasteiger partial charge in [0.2, 0.25) is 0 Å². The molecule has 0 radical (unpaired) electrons. The third-order valence-corrected chi connectivity index (χ3v) is 12.5. The first-order chi connectivity index (χ1) is 25.3. The third kappa shape index (κ3) is 10.2. The largest absolute Gasteiger partial charge is 1.00 e. The number of hydrogen-bond donors (Lipinski definition) is 0. The van der Waals surface area contributed by atoms with Gasteiger partial charge in [0, 0.05) is 89.2 Å². The van der Waals surface area contributed by atoms with Gasteiger partial charge in [-0.15, -0.1) is 0 Å². The Morgan fingerprint density at radius 1 is 0.582 bits per heavy atom. The smallest absolute Gasteiger partial charge is 0.308 e. The molecule has 4 aliphatic rings. The minimum absolute atomic E-state index is 0. The summed E-state index contributed by atoms with van der Waals surface area (Å²) in [4.78, 5) is 48.8. The van der Waals surface area contributed by atoms with E-state index in [2.05, 4.69) is 14.1 Å². The Balaban J connectivity index is 0.00000336. The normalized spacial score (nSPS) is 28.8. The molecule has 4 bridgehead atoms. The fourth-order valence-electron chi connectivity index (χ4n) is 9.85. The lowest BCUT2D eigenvalue weighted by atomic mass is 9.95. The van der Waals surface area contributed by atoms with Gasteiger partial charge in [-0.1, -0.05) is 0 Å².